The van der Waals surface area contributed by atoms with Gasteiger partial charge in [0.2, 0.25) is 0 Å². The summed E-state index contributed by atoms with van der Waals surface area (Å²) in [4.78, 5) is 10.8. The Balaban J connectivity index is 0.000000799. The van der Waals surface area contributed by atoms with Crippen molar-refractivity contribution in [1.29, 1.82) is 0 Å². The van der Waals surface area contributed by atoms with E-state index in [9.17, 15) is 9.18 Å². The first-order chi connectivity index (χ1) is 16.0. The Hall–Kier alpha value is -3.18. The molecule has 5 rings (SSSR count). The van der Waals surface area contributed by atoms with Crippen LogP contribution in [0.25, 0.3) is 11.1 Å². The standard InChI is InChI=1S/C25H23FO4.C3H6/c1-29-21-9-10-23(26)22(14-21)17-5-7-18(8-6-17)24-13-20-12-16(3-11-25(27)28)2-4-19(20)15-30-24;1-2-3-1/h2,4-10,12,14,24H,3,11,13,15H2,1H3,(H,27,28);1-3H2/t24-;/m0./s1. The Labute approximate surface area is 194 Å². The number of aliphatic carboxylic acids is 1. The molecular weight excluding hydrogens is 419 g/mol. The van der Waals surface area contributed by atoms with E-state index in [1.807, 2.05) is 36.4 Å². The summed E-state index contributed by atoms with van der Waals surface area (Å²) in [6.45, 7) is 0.519. The number of benzene rings is 3. The van der Waals surface area contributed by atoms with Crippen molar-refractivity contribution >= 4 is 5.97 Å². The molecule has 0 radical (unpaired) electrons. The summed E-state index contributed by atoms with van der Waals surface area (Å²) in [5.41, 5.74) is 5.67. The quantitative estimate of drug-likeness (QED) is 0.467. The maximum Gasteiger partial charge on any atom is 0.303 e. The predicted molar refractivity (Wildman–Crippen MR) is 126 cm³/mol. The van der Waals surface area contributed by atoms with E-state index in [-0.39, 0.29) is 18.3 Å². The van der Waals surface area contributed by atoms with Gasteiger partial charge in [-0.2, -0.15) is 0 Å². The summed E-state index contributed by atoms with van der Waals surface area (Å²) >= 11 is 0. The van der Waals surface area contributed by atoms with E-state index in [4.69, 9.17) is 14.6 Å². The highest BCUT2D eigenvalue weighted by Gasteiger charge is 2.21. The van der Waals surface area contributed by atoms with Crippen LogP contribution >= 0.6 is 0 Å². The van der Waals surface area contributed by atoms with Crippen molar-refractivity contribution in [2.24, 2.45) is 0 Å². The van der Waals surface area contributed by atoms with Gasteiger partial charge >= 0.3 is 5.97 Å². The van der Waals surface area contributed by atoms with Crippen LogP contribution in [0.4, 0.5) is 4.39 Å². The largest absolute Gasteiger partial charge is 0.497 e. The van der Waals surface area contributed by atoms with E-state index < -0.39 is 5.97 Å². The zero-order chi connectivity index (χ0) is 23.2. The van der Waals surface area contributed by atoms with Crippen LogP contribution in [-0.2, 0) is 29.0 Å². The highest BCUT2D eigenvalue weighted by molar-refractivity contribution is 5.67. The maximum absolute atomic E-state index is 14.2. The third-order valence-corrected chi connectivity index (χ3v) is 5.86. The number of carbonyl (C=O) groups is 1. The first-order valence-electron chi connectivity index (χ1n) is 11.4. The minimum atomic E-state index is -0.790. The number of carboxylic acids is 1. The van der Waals surface area contributed by atoms with Crippen LogP contribution in [0.2, 0.25) is 0 Å². The van der Waals surface area contributed by atoms with Gasteiger partial charge in [0.15, 0.2) is 0 Å². The van der Waals surface area contributed by atoms with E-state index in [1.54, 1.807) is 19.2 Å². The van der Waals surface area contributed by atoms with Crippen LogP contribution in [0.3, 0.4) is 0 Å². The lowest BCUT2D eigenvalue weighted by molar-refractivity contribution is -0.136. The summed E-state index contributed by atoms with van der Waals surface area (Å²) in [7, 11) is 1.56. The van der Waals surface area contributed by atoms with E-state index in [2.05, 4.69) is 6.07 Å². The van der Waals surface area contributed by atoms with Crippen LogP contribution in [-0.4, -0.2) is 18.2 Å². The van der Waals surface area contributed by atoms with E-state index in [0.29, 0.717) is 24.3 Å². The summed E-state index contributed by atoms with van der Waals surface area (Å²) in [6, 6.07) is 18.5. The second-order valence-electron chi connectivity index (χ2n) is 8.53. The third-order valence-electron chi connectivity index (χ3n) is 5.86. The minimum Gasteiger partial charge on any atom is -0.497 e. The zero-order valence-electron chi connectivity index (χ0n) is 18.9. The number of aryl methyl sites for hydroxylation is 1. The molecule has 2 aliphatic rings. The fourth-order valence-electron chi connectivity index (χ4n) is 3.81. The summed E-state index contributed by atoms with van der Waals surface area (Å²) < 4.78 is 25.5. The molecule has 3 aromatic rings. The topological polar surface area (TPSA) is 55.8 Å². The van der Waals surface area contributed by atoms with Gasteiger partial charge in [0.05, 0.1) is 19.8 Å². The fraction of sp³-hybridized carbons (Fsp3) is 0.321. The van der Waals surface area contributed by atoms with Gasteiger partial charge in [0, 0.05) is 18.4 Å². The third kappa shape index (κ3) is 6.20. The first kappa shape index (κ1) is 23.0. The molecule has 5 heteroatoms. The molecule has 1 fully saturated rings. The molecule has 0 amide bonds. The SMILES string of the molecule is C1CC1.COc1ccc(F)c(-c2ccc([C@@H]3Cc4cc(CCC(=O)O)ccc4CO3)cc2)c1. The number of halogens is 1. The predicted octanol–water partition coefficient (Wildman–Crippen LogP) is 6.50. The number of hydrogen-bond acceptors (Lipinski definition) is 3. The highest BCUT2D eigenvalue weighted by Crippen LogP contribution is 2.33. The van der Waals surface area contributed by atoms with E-state index >= 15 is 0 Å². The van der Waals surface area contributed by atoms with Gasteiger partial charge in [0.1, 0.15) is 11.6 Å². The van der Waals surface area contributed by atoms with Gasteiger partial charge in [-0.25, -0.2) is 4.39 Å². The normalized spacial score (nSPS) is 16.2. The second-order valence-corrected chi connectivity index (χ2v) is 8.53. The zero-order valence-corrected chi connectivity index (χ0v) is 18.9. The number of ether oxygens (including phenoxy) is 2. The van der Waals surface area contributed by atoms with Crippen LogP contribution in [0.1, 0.15) is 54.0 Å². The molecule has 0 spiro atoms. The molecule has 4 nitrogen and oxygen atoms in total. The molecule has 3 aromatic carbocycles. The van der Waals surface area contributed by atoms with Crippen LogP contribution in [0.5, 0.6) is 5.75 Å². The van der Waals surface area contributed by atoms with Gasteiger partial charge in [0.25, 0.3) is 0 Å². The molecule has 172 valence electrons. The van der Waals surface area contributed by atoms with Crippen molar-refractivity contribution < 1.29 is 23.8 Å². The Morgan fingerprint density at radius 3 is 2.45 bits per heavy atom. The average Bonchev–Trinajstić information content (AvgIpc) is 3.72. The minimum absolute atomic E-state index is 0.0866. The Morgan fingerprint density at radius 2 is 1.79 bits per heavy atom. The molecule has 1 atom stereocenters. The van der Waals surface area contributed by atoms with Crippen molar-refractivity contribution in [2.45, 2.75) is 51.2 Å². The fourth-order valence-corrected chi connectivity index (χ4v) is 3.81. The molecule has 0 aromatic heterocycles. The molecule has 1 aliphatic heterocycles. The molecule has 0 bridgehead atoms. The number of hydrogen-bond donors (Lipinski definition) is 1. The van der Waals surface area contributed by atoms with Crippen molar-refractivity contribution in [1.82, 2.24) is 0 Å². The first-order valence-corrected chi connectivity index (χ1v) is 11.4. The van der Waals surface area contributed by atoms with Gasteiger partial charge < -0.3 is 14.6 Å². The summed E-state index contributed by atoms with van der Waals surface area (Å²) in [5, 5.41) is 8.90. The van der Waals surface area contributed by atoms with Crippen molar-refractivity contribution in [3.8, 4) is 16.9 Å². The van der Waals surface area contributed by atoms with Crippen LogP contribution in [0.15, 0.2) is 60.7 Å². The van der Waals surface area contributed by atoms with E-state index in [1.165, 1.54) is 30.9 Å². The molecule has 1 saturated carbocycles. The smallest absolute Gasteiger partial charge is 0.303 e. The Morgan fingerprint density at radius 1 is 1.03 bits per heavy atom. The summed E-state index contributed by atoms with van der Waals surface area (Å²) in [6.07, 6.45) is 5.79. The molecule has 33 heavy (non-hydrogen) atoms. The number of fused-ring (bicyclic) bond motifs is 1. The lowest BCUT2D eigenvalue weighted by Gasteiger charge is -2.26. The van der Waals surface area contributed by atoms with E-state index in [0.717, 1.165) is 28.7 Å². The summed E-state index contributed by atoms with van der Waals surface area (Å²) in [5.74, 6) is -0.469. The maximum atomic E-state index is 14.2. The van der Waals surface area contributed by atoms with Gasteiger partial charge in [-0.1, -0.05) is 61.7 Å². The van der Waals surface area contributed by atoms with Gasteiger partial charge in [-0.3, -0.25) is 4.79 Å². The number of methoxy groups -OCH3 is 1. The van der Waals surface area contributed by atoms with Gasteiger partial charge in [-0.15, -0.1) is 0 Å². The highest BCUT2D eigenvalue weighted by atomic mass is 19.1. The molecule has 1 aliphatic carbocycles. The Kier molecular flexibility index (Phi) is 7.40. The lowest BCUT2D eigenvalue weighted by Crippen LogP contribution is -2.16. The average molecular weight is 449 g/mol. The molecule has 1 N–H and O–H groups in total. The number of rotatable bonds is 6. The second kappa shape index (κ2) is 10.6. The monoisotopic (exact) mass is 448 g/mol. The van der Waals surface area contributed by atoms with Crippen LogP contribution in [0, 0.1) is 5.82 Å². The Bertz CT molecular complexity index is 1100. The van der Waals surface area contributed by atoms with Crippen molar-refractivity contribution in [3.63, 3.8) is 0 Å². The van der Waals surface area contributed by atoms with Crippen molar-refractivity contribution in [3.05, 3.63) is 88.7 Å². The molecular formula is C28H29FO4. The van der Waals surface area contributed by atoms with Gasteiger partial charge in [-0.05, 0) is 52.4 Å². The molecule has 0 saturated heterocycles. The lowest BCUT2D eigenvalue weighted by atomic mass is 9.92. The number of carboxylic acid groups (broad SMARTS) is 1. The molecule has 1 heterocycles. The molecule has 0 unspecified atom stereocenters. The van der Waals surface area contributed by atoms with Crippen molar-refractivity contribution in [2.75, 3.05) is 7.11 Å². The van der Waals surface area contributed by atoms with Crippen LogP contribution < -0.4 is 4.74 Å².